The van der Waals surface area contributed by atoms with Gasteiger partial charge in [-0.3, -0.25) is 0 Å². The Bertz CT molecular complexity index is 1290. The van der Waals surface area contributed by atoms with Gasteiger partial charge in [-0.1, -0.05) is 0 Å². The summed E-state index contributed by atoms with van der Waals surface area (Å²) in [6, 6.07) is 5.12. The second-order valence-electron chi connectivity index (χ2n) is 12.6. The molecule has 5 rings (SSSR count). The number of amides is 2. The summed E-state index contributed by atoms with van der Waals surface area (Å²) in [6.07, 6.45) is 2.28. The van der Waals surface area contributed by atoms with Gasteiger partial charge in [0.05, 0.1) is 5.69 Å². The Morgan fingerprint density at radius 2 is 1.62 bits per heavy atom. The first-order chi connectivity index (χ1) is 18.8. The van der Waals surface area contributed by atoms with E-state index in [1.165, 1.54) is 11.0 Å². The lowest BCUT2D eigenvalue weighted by molar-refractivity contribution is 0.00816. The Balaban J connectivity index is 1.52. The molecule has 10 heteroatoms. The Kier molecular flexibility index (Phi) is 7.41. The van der Waals surface area contributed by atoms with Gasteiger partial charge in [-0.05, 0) is 89.6 Å². The van der Waals surface area contributed by atoms with Crippen molar-refractivity contribution in [2.24, 2.45) is 0 Å². The van der Waals surface area contributed by atoms with Gasteiger partial charge in [-0.2, -0.15) is 0 Å². The van der Waals surface area contributed by atoms with Crippen LogP contribution in [0.2, 0.25) is 0 Å². The van der Waals surface area contributed by atoms with Crippen LogP contribution in [0.4, 0.5) is 25.5 Å². The molecule has 40 heavy (non-hydrogen) atoms. The molecule has 0 N–H and O–H groups in total. The summed E-state index contributed by atoms with van der Waals surface area (Å²) in [4.78, 5) is 33.7. The maximum absolute atomic E-state index is 15.7. The number of benzene rings is 1. The van der Waals surface area contributed by atoms with Gasteiger partial charge in [0.1, 0.15) is 23.6 Å². The molecular weight excluding hydrogens is 517 g/mol. The molecule has 2 aromatic rings. The molecule has 3 aliphatic heterocycles. The fourth-order valence-corrected chi connectivity index (χ4v) is 5.29. The highest BCUT2D eigenvalue weighted by Crippen LogP contribution is 2.46. The highest BCUT2D eigenvalue weighted by atomic mass is 19.1. The molecule has 4 heterocycles. The number of ether oxygens (including phenoxy) is 4. The zero-order valence-electron chi connectivity index (χ0n) is 24.1. The van der Waals surface area contributed by atoms with Crippen LogP contribution in [0.25, 0.3) is 0 Å². The van der Waals surface area contributed by atoms with Gasteiger partial charge >= 0.3 is 12.2 Å². The van der Waals surface area contributed by atoms with E-state index in [4.69, 9.17) is 18.9 Å². The lowest BCUT2D eigenvalue weighted by Gasteiger charge is -2.40. The number of carbonyl (C=O) groups excluding carboxylic acids is 2. The SMILES string of the molecule is CC(C)(C)OC(=O)N1CC(c2cc(F)c3c(c2)N(C(=O)OC(C)(C)C)c2nccc(C4CCOCC4)c2CO3)C1. The maximum Gasteiger partial charge on any atom is 0.420 e. The number of hydrogen-bond donors (Lipinski definition) is 0. The lowest BCUT2D eigenvalue weighted by Crippen LogP contribution is -2.50. The van der Waals surface area contributed by atoms with Crippen LogP contribution in [0.1, 0.15) is 82.9 Å². The molecule has 2 amide bonds. The number of likely N-dealkylation sites (tertiary alicyclic amines) is 1. The molecular formula is C30H38FN3O6. The number of fused-ring (bicyclic) bond motifs is 2. The molecule has 0 saturated carbocycles. The monoisotopic (exact) mass is 555 g/mol. The van der Waals surface area contributed by atoms with Crippen molar-refractivity contribution >= 4 is 23.7 Å². The molecule has 0 unspecified atom stereocenters. The Morgan fingerprint density at radius 1 is 0.975 bits per heavy atom. The van der Waals surface area contributed by atoms with Crippen molar-refractivity contribution in [3.05, 3.63) is 46.9 Å². The average Bonchev–Trinajstić information content (AvgIpc) is 2.98. The van der Waals surface area contributed by atoms with Gasteiger partial charge in [0.15, 0.2) is 11.6 Å². The van der Waals surface area contributed by atoms with Crippen LogP contribution in [-0.2, 0) is 20.8 Å². The maximum atomic E-state index is 15.7. The molecule has 3 aliphatic rings. The number of nitrogens with zero attached hydrogens (tertiary/aromatic N) is 3. The number of pyridine rings is 1. The van der Waals surface area contributed by atoms with E-state index in [0.717, 1.165) is 24.0 Å². The molecule has 2 fully saturated rings. The van der Waals surface area contributed by atoms with Crippen molar-refractivity contribution in [2.75, 3.05) is 31.2 Å². The van der Waals surface area contributed by atoms with E-state index in [0.29, 0.717) is 37.7 Å². The Hall–Kier alpha value is -3.40. The third-order valence-corrected chi connectivity index (χ3v) is 7.17. The molecule has 0 spiro atoms. The molecule has 0 radical (unpaired) electrons. The predicted octanol–water partition coefficient (Wildman–Crippen LogP) is 6.41. The molecule has 0 bridgehead atoms. The first kappa shape index (κ1) is 28.1. The van der Waals surface area contributed by atoms with Crippen LogP contribution in [0.15, 0.2) is 24.4 Å². The molecule has 1 aromatic heterocycles. The van der Waals surface area contributed by atoms with Crippen LogP contribution in [0.3, 0.4) is 0 Å². The summed E-state index contributed by atoms with van der Waals surface area (Å²) < 4.78 is 38.6. The largest absolute Gasteiger partial charge is 0.483 e. The van der Waals surface area contributed by atoms with Crippen LogP contribution in [-0.4, -0.2) is 59.6 Å². The number of carbonyl (C=O) groups is 2. The molecule has 0 aliphatic carbocycles. The van der Waals surface area contributed by atoms with Gasteiger partial charge in [0.25, 0.3) is 0 Å². The van der Waals surface area contributed by atoms with Crippen LogP contribution in [0.5, 0.6) is 5.75 Å². The van der Waals surface area contributed by atoms with Crippen LogP contribution in [0, 0.1) is 5.82 Å². The molecule has 0 atom stereocenters. The van der Waals surface area contributed by atoms with Crippen molar-refractivity contribution in [1.82, 2.24) is 9.88 Å². The zero-order chi connectivity index (χ0) is 28.8. The van der Waals surface area contributed by atoms with Gasteiger partial charge in [-0.25, -0.2) is 23.9 Å². The smallest absolute Gasteiger partial charge is 0.420 e. The number of anilines is 2. The quantitative estimate of drug-likeness (QED) is 0.423. The molecule has 1 aromatic carbocycles. The van der Waals surface area contributed by atoms with Gasteiger partial charge < -0.3 is 23.8 Å². The highest BCUT2D eigenvalue weighted by molar-refractivity contribution is 5.98. The van der Waals surface area contributed by atoms with Crippen LogP contribution >= 0.6 is 0 Å². The van der Waals surface area contributed by atoms with E-state index in [2.05, 4.69) is 4.98 Å². The van der Waals surface area contributed by atoms with E-state index >= 15 is 4.39 Å². The number of hydrogen-bond acceptors (Lipinski definition) is 7. The first-order valence-corrected chi connectivity index (χ1v) is 13.8. The van der Waals surface area contributed by atoms with E-state index in [1.54, 1.807) is 37.9 Å². The minimum Gasteiger partial charge on any atom is -0.483 e. The summed E-state index contributed by atoms with van der Waals surface area (Å²) in [6.45, 7) is 12.9. The third kappa shape index (κ3) is 5.87. The number of halogens is 1. The summed E-state index contributed by atoms with van der Waals surface area (Å²) in [5.74, 6) is -0.161. The normalized spacial score (nSPS) is 18.2. The Labute approximate surface area is 234 Å². The summed E-state index contributed by atoms with van der Waals surface area (Å²) in [5.41, 5.74) is 1.24. The summed E-state index contributed by atoms with van der Waals surface area (Å²) in [7, 11) is 0. The Morgan fingerprint density at radius 3 is 2.27 bits per heavy atom. The lowest BCUT2D eigenvalue weighted by atomic mass is 9.89. The van der Waals surface area contributed by atoms with E-state index in [1.807, 2.05) is 26.8 Å². The first-order valence-electron chi connectivity index (χ1n) is 13.8. The molecule has 9 nitrogen and oxygen atoms in total. The van der Waals surface area contributed by atoms with Crippen molar-refractivity contribution in [3.8, 4) is 5.75 Å². The van der Waals surface area contributed by atoms with Crippen LogP contribution < -0.4 is 9.64 Å². The fourth-order valence-electron chi connectivity index (χ4n) is 5.29. The fraction of sp³-hybridized carbons (Fsp3) is 0.567. The van der Waals surface area contributed by atoms with E-state index in [-0.39, 0.29) is 29.9 Å². The number of rotatable bonds is 2. The van der Waals surface area contributed by atoms with E-state index in [9.17, 15) is 9.59 Å². The standard InChI is InChI=1S/C30H38FN3O6/c1-29(2,3)39-27(35)33-15-20(16-33)19-13-23(31)25-24(14-19)34(28(36)40-30(4,5)6)26-22(17-38-25)21(7-10-32-26)18-8-11-37-12-9-18/h7,10,13-14,18,20H,8-9,11-12,15-17H2,1-6H3. The molecule has 2 saturated heterocycles. The van der Waals surface area contributed by atoms with Gasteiger partial charge in [0.2, 0.25) is 0 Å². The summed E-state index contributed by atoms with van der Waals surface area (Å²) >= 11 is 0. The van der Waals surface area contributed by atoms with Gasteiger partial charge in [-0.15, -0.1) is 0 Å². The van der Waals surface area contributed by atoms with Gasteiger partial charge in [0, 0.05) is 44.0 Å². The zero-order valence-corrected chi connectivity index (χ0v) is 24.1. The van der Waals surface area contributed by atoms with E-state index < -0.39 is 29.2 Å². The average molecular weight is 556 g/mol. The topological polar surface area (TPSA) is 90.4 Å². The van der Waals surface area contributed by atoms with Crippen molar-refractivity contribution in [3.63, 3.8) is 0 Å². The summed E-state index contributed by atoms with van der Waals surface area (Å²) in [5, 5.41) is 0. The van der Waals surface area contributed by atoms with Crippen molar-refractivity contribution < 1.29 is 32.9 Å². The highest BCUT2D eigenvalue weighted by Gasteiger charge is 2.39. The second-order valence-corrected chi connectivity index (χ2v) is 12.6. The number of aromatic nitrogens is 1. The molecule has 216 valence electrons. The van der Waals surface area contributed by atoms with Crippen molar-refractivity contribution in [2.45, 2.75) is 84.0 Å². The minimum atomic E-state index is -0.791. The van der Waals surface area contributed by atoms with Crippen molar-refractivity contribution in [1.29, 1.82) is 0 Å². The minimum absolute atomic E-state index is 0.0335. The predicted molar refractivity (Wildman–Crippen MR) is 147 cm³/mol. The third-order valence-electron chi connectivity index (χ3n) is 7.17. The second kappa shape index (κ2) is 10.5.